The average molecular weight is 287 g/mol. The lowest BCUT2D eigenvalue weighted by molar-refractivity contribution is 0.0759. The van der Waals surface area contributed by atoms with Gasteiger partial charge in [-0.3, -0.25) is 9.59 Å². The Morgan fingerprint density at radius 3 is 2.81 bits per heavy atom. The van der Waals surface area contributed by atoms with Crippen molar-refractivity contribution in [2.24, 2.45) is 0 Å². The average Bonchev–Trinajstić information content (AvgIpc) is 2.29. The number of H-pyrrole nitrogens is 1. The van der Waals surface area contributed by atoms with E-state index in [2.05, 4.69) is 20.9 Å². The number of carbonyl (C=O) groups excluding carboxylic acids is 1. The Balaban J connectivity index is 2.78. The third-order valence-electron chi connectivity index (χ3n) is 2.23. The van der Waals surface area contributed by atoms with Gasteiger partial charge in [0.15, 0.2) is 0 Å². The Hall–Kier alpha value is -1.10. The molecular formula is C11H15BrN2O2. The predicted octanol–water partition coefficient (Wildman–Crippen LogP) is 1.62. The molecule has 88 valence electrons. The number of rotatable bonds is 5. The van der Waals surface area contributed by atoms with E-state index < -0.39 is 0 Å². The van der Waals surface area contributed by atoms with Crippen LogP contribution in [0.5, 0.6) is 0 Å². The molecule has 0 saturated heterocycles. The fraction of sp³-hybridized carbons (Fsp3) is 0.455. The van der Waals surface area contributed by atoms with Crippen LogP contribution in [-0.4, -0.2) is 34.2 Å². The molecule has 1 N–H and O–H groups in total. The first-order valence-electron chi connectivity index (χ1n) is 5.23. The maximum atomic E-state index is 12.0. The highest BCUT2D eigenvalue weighted by Crippen LogP contribution is 2.02. The Kier molecular flexibility index (Phi) is 5.25. The minimum atomic E-state index is -0.248. The summed E-state index contributed by atoms with van der Waals surface area (Å²) < 4.78 is 0. The quantitative estimate of drug-likeness (QED) is 0.837. The zero-order chi connectivity index (χ0) is 12.0. The van der Waals surface area contributed by atoms with Gasteiger partial charge in [0.25, 0.3) is 5.91 Å². The van der Waals surface area contributed by atoms with Crippen LogP contribution < -0.4 is 5.56 Å². The van der Waals surface area contributed by atoms with Crippen LogP contribution in [0, 0.1) is 0 Å². The van der Waals surface area contributed by atoms with Gasteiger partial charge in [-0.15, -0.1) is 0 Å². The second kappa shape index (κ2) is 6.48. The summed E-state index contributed by atoms with van der Waals surface area (Å²) in [7, 11) is 0. The molecule has 0 aliphatic carbocycles. The standard InChI is InChI=1S/C11H15BrN2O2/c1-2-14(8-4-7-12)11(16)9-5-3-6-10(15)13-9/h3,5-6H,2,4,7-8H2,1H3,(H,13,15). The van der Waals surface area contributed by atoms with E-state index in [4.69, 9.17) is 0 Å². The minimum Gasteiger partial charge on any atom is -0.338 e. The van der Waals surface area contributed by atoms with Crippen LogP contribution in [0.25, 0.3) is 0 Å². The van der Waals surface area contributed by atoms with Gasteiger partial charge in [-0.05, 0) is 19.4 Å². The van der Waals surface area contributed by atoms with E-state index in [1.54, 1.807) is 17.0 Å². The van der Waals surface area contributed by atoms with E-state index in [1.807, 2.05) is 6.92 Å². The molecule has 0 aromatic carbocycles. The smallest absolute Gasteiger partial charge is 0.270 e. The Morgan fingerprint density at radius 2 is 2.25 bits per heavy atom. The van der Waals surface area contributed by atoms with Crippen molar-refractivity contribution in [2.45, 2.75) is 13.3 Å². The van der Waals surface area contributed by atoms with Crippen LogP contribution in [0.3, 0.4) is 0 Å². The van der Waals surface area contributed by atoms with Crippen LogP contribution in [0.2, 0.25) is 0 Å². The van der Waals surface area contributed by atoms with Gasteiger partial charge in [0.1, 0.15) is 5.69 Å². The number of hydrogen-bond donors (Lipinski definition) is 1. The van der Waals surface area contributed by atoms with Crippen molar-refractivity contribution in [3.8, 4) is 0 Å². The molecule has 0 aliphatic heterocycles. The molecule has 1 rings (SSSR count). The summed E-state index contributed by atoms with van der Waals surface area (Å²) in [6, 6.07) is 4.61. The molecule has 0 spiro atoms. The van der Waals surface area contributed by atoms with E-state index in [9.17, 15) is 9.59 Å². The molecule has 1 aromatic rings. The molecule has 0 atom stereocenters. The normalized spacial score (nSPS) is 10.1. The summed E-state index contributed by atoms with van der Waals surface area (Å²) in [6.07, 6.45) is 0.899. The summed E-state index contributed by atoms with van der Waals surface area (Å²) in [6.45, 7) is 3.26. The molecule has 5 heteroatoms. The maximum absolute atomic E-state index is 12.0. The van der Waals surface area contributed by atoms with Crippen molar-refractivity contribution in [3.63, 3.8) is 0 Å². The molecule has 1 aromatic heterocycles. The maximum Gasteiger partial charge on any atom is 0.270 e. The van der Waals surface area contributed by atoms with Crippen molar-refractivity contribution < 1.29 is 4.79 Å². The number of aromatic amines is 1. The van der Waals surface area contributed by atoms with Gasteiger partial charge < -0.3 is 9.88 Å². The number of aromatic nitrogens is 1. The molecule has 1 amide bonds. The highest BCUT2D eigenvalue weighted by Gasteiger charge is 2.13. The fourth-order valence-corrected chi connectivity index (χ4v) is 1.65. The van der Waals surface area contributed by atoms with Crippen molar-refractivity contribution in [1.29, 1.82) is 0 Å². The van der Waals surface area contributed by atoms with Crippen LogP contribution in [0.4, 0.5) is 0 Å². The van der Waals surface area contributed by atoms with Crippen LogP contribution in [-0.2, 0) is 0 Å². The highest BCUT2D eigenvalue weighted by molar-refractivity contribution is 9.09. The summed E-state index contributed by atoms with van der Waals surface area (Å²) in [5.41, 5.74) is 0.103. The summed E-state index contributed by atoms with van der Waals surface area (Å²) in [5.74, 6) is -0.124. The summed E-state index contributed by atoms with van der Waals surface area (Å²) in [5, 5.41) is 0.863. The van der Waals surface area contributed by atoms with Crippen LogP contribution in [0.15, 0.2) is 23.0 Å². The molecular weight excluding hydrogens is 272 g/mol. The lowest BCUT2D eigenvalue weighted by Crippen LogP contribution is -2.33. The predicted molar refractivity (Wildman–Crippen MR) is 67.1 cm³/mol. The summed E-state index contributed by atoms with van der Waals surface area (Å²) in [4.78, 5) is 27.3. The number of halogens is 1. The molecule has 0 unspecified atom stereocenters. The van der Waals surface area contributed by atoms with E-state index >= 15 is 0 Å². The van der Waals surface area contributed by atoms with E-state index in [-0.39, 0.29) is 11.5 Å². The number of nitrogens with zero attached hydrogens (tertiary/aromatic N) is 1. The molecule has 16 heavy (non-hydrogen) atoms. The highest BCUT2D eigenvalue weighted by atomic mass is 79.9. The fourth-order valence-electron chi connectivity index (χ4n) is 1.40. The molecule has 0 fully saturated rings. The monoisotopic (exact) mass is 286 g/mol. The molecule has 4 nitrogen and oxygen atoms in total. The van der Waals surface area contributed by atoms with Gasteiger partial charge in [-0.2, -0.15) is 0 Å². The van der Waals surface area contributed by atoms with Gasteiger partial charge >= 0.3 is 0 Å². The second-order valence-electron chi connectivity index (χ2n) is 3.36. The molecule has 0 radical (unpaired) electrons. The number of amides is 1. The van der Waals surface area contributed by atoms with E-state index in [1.165, 1.54) is 6.07 Å². The molecule has 1 heterocycles. The lowest BCUT2D eigenvalue weighted by Gasteiger charge is -2.19. The Morgan fingerprint density at radius 1 is 1.50 bits per heavy atom. The summed E-state index contributed by atoms with van der Waals surface area (Å²) >= 11 is 3.33. The SMILES string of the molecule is CCN(CCCBr)C(=O)c1cccc(=O)[nH]1. The van der Waals surface area contributed by atoms with Crippen molar-refractivity contribution in [1.82, 2.24) is 9.88 Å². The topological polar surface area (TPSA) is 53.2 Å². The number of hydrogen-bond acceptors (Lipinski definition) is 2. The number of alkyl halides is 1. The van der Waals surface area contributed by atoms with Crippen molar-refractivity contribution in [2.75, 3.05) is 18.4 Å². The second-order valence-corrected chi connectivity index (χ2v) is 4.15. The van der Waals surface area contributed by atoms with Crippen LogP contribution in [0.1, 0.15) is 23.8 Å². The number of carbonyl (C=O) groups is 1. The van der Waals surface area contributed by atoms with Crippen LogP contribution >= 0.6 is 15.9 Å². The zero-order valence-electron chi connectivity index (χ0n) is 9.20. The van der Waals surface area contributed by atoms with Crippen molar-refractivity contribution in [3.05, 3.63) is 34.2 Å². The molecule has 0 bridgehead atoms. The van der Waals surface area contributed by atoms with E-state index in [0.29, 0.717) is 18.8 Å². The first-order valence-corrected chi connectivity index (χ1v) is 6.35. The number of nitrogens with one attached hydrogen (secondary N) is 1. The van der Waals surface area contributed by atoms with Gasteiger partial charge in [-0.1, -0.05) is 22.0 Å². The minimum absolute atomic E-state index is 0.124. The molecule has 0 saturated carbocycles. The first kappa shape index (κ1) is 13.0. The first-order chi connectivity index (χ1) is 7.69. The third-order valence-corrected chi connectivity index (χ3v) is 2.79. The largest absolute Gasteiger partial charge is 0.338 e. The third kappa shape index (κ3) is 3.48. The van der Waals surface area contributed by atoms with Gasteiger partial charge in [0, 0.05) is 24.5 Å². The Labute approximate surface area is 103 Å². The number of pyridine rings is 1. The van der Waals surface area contributed by atoms with Gasteiger partial charge in [0.05, 0.1) is 0 Å². The molecule has 0 aliphatic rings. The zero-order valence-corrected chi connectivity index (χ0v) is 10.8. The van der Waals surface area contributed by atoms with E-state index in [0.717, 1.165) is 11.8 Å². The lowest BCUT2D eigenvalue weighted by atomic mass is 10.3. The van der Waals surface area contributed by atoms with Crippen molar-refractivity contribution >= 4 is 21.8 Å². The van der Waals surface area contributed by atoms with Gasteiger partial charge in [0.2, 0.25) is 5.56 Å². The van der Waals surface area contributed by atoms with Gasteiger partial charge in [-0.25, -0.2) is 0 Å². The Bertz CT molecular complexity index is 403.